The van der Waals surface area contributed by atoms with Crippen molar-refractivity contribution in [1.82, 2.24) is 5.32 Å². The van der Waals surface area contributed by atoms with Crippen LogP contribution in [0.3, 0.4) is 0 Å². The lowest BCUT2D eigenvalue weighted by Gasteiger charge is -2.09. The second-order valence-corrected chi connectivity index (χ2v) is 5.91. The minimum atomic E-state index is -4.70. The van der Waals surface area contributed by atoms with E-state index >= 15 is 0 Å². The number of guanidine groups is 1. The number of benzene rings is 1. The molecule has 10 heteroatoms. The molecule has 3 N–H and O–H groups in total. The van der Waals surface area contributed by atoms with Crippen LogP contribution < -0.4 is 15.8 Å². The van der Waals surface area contributed by atoms with Gasteiger partial charge in [-0.05, 0) is 30.5 Å². The summed E-state index contributed by atoms with van der Waals surface area (Å²) in [6, 6.07) is 5.49. The van der Waals surface area contributed by atoms with Gasteiger partial charge in [0.2, 0.25) is 0 Å². The molecule has 0 saturated carbocycles. The Kier molecular flexibility index (Phi) is 13.4. The molecular formula is C18H27F3IN3O3. The molecule has 0 aromatic heterocycles. The van der Waals surface area contributed by atoms with Crippen molar-refractivity contribution in [3.8, 4) is 5.75 Å². The van der Waals surface area contributed by atoms with Gasteiger partial charge in [0.05, 0.1) is 13.7 Å². The summed E-state index contributed by atoms with van der Waals surface area (Å²) in [5, 5.41) is 2.99. The molecule has 0 aliphatic rings. The van der Waals surface area contributed by atoms with Crippen LogP contribution in [0.4, 0.5) is 13.2 Å². The quantitative estimate of drug-likeness (QED) is 0.152. The molecular weight excluding hydrogens is 490 g/mol. The predicted octanol–water partition coefficient (Wildman–Crippen LogP) is 4.12. The average molecular weight is 517 g/mol. The first-order chi connectivity index (χ1) is 12.8. The van der Waals surface area contributed by atoms with Crippen molar-refractivity contribution in [1.29, 1.82) is 0 Å². The summed E-state index contributed by atoms with van der Waals surface area (Å²) in [4.78, 5) is 15.1. The normalized spacial score (nSPS) is 11.5. The Labute approximate surface area is 180 Å². The Morgan fingerprint density at radius 2 is 1.71 bits per heavy atom. The molecule has 0 aliphatic carbocycles. The van der Waals surface area contributed by atoms with Crippen LogP contribution in [-0.4, -0.2) is 31.9 Å². The van der Waals surface area contributed by atoms with Crippen LogP contribution in [-0.2, 0) is 16.1 Å². The highest BCUT2D eigenvalue weighted by Gasteiger charge is 2.30. The number of methoxy groups -OCH3 is 1. The monoisotopic (exact) mass is 517 g/mol. The summed E-state index contributed by atoms with van der Waals surface area (Å²) < 4.78 is 44.6. The molecule has 0 amide bonds. The summed E-state index contributed by atoms with van der Waals surface area (Å²) in [6.07, 6.45) is 0.540. The standard InChI is InChI=1S/C18H26F3N3O3.HI/c1-26-16(25)7-5-3-2-4-6-12-23-17(22)24-13-14-8-10-15(11-9-14)27-18(19,20)21;/h8-11H,2-7,12-13H2,1H3,(H3,22,23,24);1H. The maximum absolute atomic E-state index is 12.1. The molecule has 1 aromatic carbocycles. The molecule has 0 bridgehead atoms. The van der Waals surface area contributed by atoms with E-state index in [1.165, 1.54) is 31.4 Å². The zero-order chi connectivity index (χ0) is 20.1. The third-order valence-electron chi connectivity index (χ3n) is 3.68. The number of rotatable bonds is 11. The van der Waals surface area contributed by atoms with E-state index in [1.54, 1.807) is 0 Å². The minimum Gasteiger partial charge on any atom is -0.469 e. The first-order valence-electron chi connectivity index (χ1n) is 8.75. The summed E-state index contributed by atoms with van der Waals surface area (Å²) in [5.41, 5.74) is 6.48. The van der Waals surface area contributed by atoms with Gasteiger partial charge in [-0.1, -0.05) is 31.4 Å². The van der Waals surface area contributed by atoms with Crippen LogP contribution in [0.1, 0.15) is 44.1 Å². The molecule has 0 spiro atoms. The number of hydrogen-bond acceptors (Lipinski definition) is 4. The first-order valence-corrected chi connectivity index (χ1v) is 8.75. The molecule has 0 radical (unpaired) electrons. The van der Waals surface area contributed by atoms with Gasteiger partial charge < -0.3 is 20.5 Å². The SMILES string of the molecule is COC(=O)CCCCCCCNC(N)=NCc1ccc(OC(F)(F)F)cc1.I. The third kappa shape index (κ3) is 13.4. The van der Waals surface area contributed by atoms with Crippen LogP contribution in [0.5, 0.6) is 5.75 Å². The number of halogens is 4. The van der Waals surface area contributed by atoms with Crippen molar-refractivity contribution in [2.75, 3.05) is 13.7 Å². The zero-order valence-electron chi connectivity index (χ0n) is 15.8. The molecule has 28 heavy (non-hydrogen) atoms. The molecule has 1 rings (SSSR count). The van der Waals surface area contributed by atoms with E-state index in [-0.39, 0.29) is 48.2 Å². The van der Waals surface area contributed by atoms with Crippen molar-refractivity contribution in [2.45, 2.75) is 51.4 Å². The van der Waals surface area contributed by atoms with Gasteiger partial charge >= 0.3 is 12.3 Å². The lowest BCUT2D eigenvalue weighted by Crippen LogP contribution is -2.32. The number of nitrogens with zero attached hydrogens (tertiary/aromatic N) is 1. The number of carbonyl (C=O) groups excluding carboxylic acids is 1. The van der Waals surface area contributed by atoms with Crippen LogP contribution in [0.15, 0.2) is 29.3 Å². The Bertz CT molecular complexity index is 596. The average Bonchev–Trinajstić information content (AvgIpc) is 2.61. The van der Waals surface area contributed by atoms with Crippen LogP contribution in [0, 0.1) is 0 Å². The number of carbonyl (C=O) groups is 1. The molecule has 0 aliphatic heterocycles. The zero-order valence-corrected chi connectivity index (χ0v) is 18.1. The van der Waals surface area contributed by atoms with Gasteiger partial charge in [0.25, 0.3) is 0 Å². The summed E-state index contributed by atoms with van der Waals surface area (Å²) >= 11 is 0. The van der Waals surface area contributed by atoms with Crippen molar-refractivity contribution >= 4 is 35.9 Å². The van der Waals surface area contributed by atoms with Crippen LogP contribution in [0.25, 0.3) is 0 Å². The Balaban J connectivity index is 0.00000729. The van der Waals surface area contributed by atoms with Gasteiger partial charge in [-0.15, -0.1) is 37.1 Å². The van der Waals surface area contributed by atoms with E-state index in [0.29, 0.717) is 13.0 Å². The number of alkyl halides is 3. The first kappa shape index (κ1) is 26.3. The van der Waals surface area contributed by atoms with Crippen molar-refractivity contribution < 1.29 is 27.4 Å². The third-order valence-corrected chi connectivity index (χ3v) is 3.68. The van der Waals surface area contributed by atoms with Crippen molar-refractivity contribution in [3.63, 3.8) is 0 Å². The van der Waals surface area contributed by atoms with Gasteiger partial charge in [-0.25, -0.2) is 4.99 Å². The van der Waals surface area contributed by atoms with E-state index < -0.39 is 6.36 Å². The fraction of sp³-hybridized carbons (Fsp3) is 0.556. The van der Waals surface area contributed by atoms with Gasteiger partial charge in [-0.3, -0.25) is 4.79 Å². The molecule has 0 fully saturated rings. The molecule has 160 valence electrons. The fourth-order valence-corrected chi connectivity index (χ4v) is 2.27. The van der Waals surface area contributed by atoms with E-state index in [1.807, 2.05) is 0 Å². The van der Waals surface area contributed by atoms with Crippen LogP contribution >= 0.6 is 24.0 Å². The Morgan fingerprint density at radius 3 is 2.32 bits per heavy atom. The highest BCUT2D eigenvalue weighted by molar-refractivity contribution is 14.0. The van der Waals surface area contributed by atoms with Gasteiger partial charge in [0, 0.05) is 13.0 Å². The van der Waals surface area contributed by atoms with E-state index in [2.05, 4.69) is 19.8 Å². The summed E-state index contributed by atoms with van der Waals surface area (Å²) in [5.74, 6) is -0.160. The second kappa shape index (κ2) is 14.3. The molecule has 0 unspecified atom stereocenters. The maximum atomic E-state index is 12.1. The molecule has 6 nitrogen and oxygen atoms in total. The predicted molar refractivity (Wildman–Crippen MR) is 112 cm³/mol. The van der Waals surface area contributed by atoms with E-state index in [9.17, 15) is 18.0 Å². The number of unbranched alkanes of at least 4 members (excludes halogenated alkanes) is 4. The van der Waals surface area contributed by atoms with Gasteiger partial charge in [-0.2, -0.15) is 0 Å². The van der Waals surface area contributed by atoms with E-state index in [4.69, 9.17) is 5.73 Å². The van der Waals surface area contributed by atoms with E-state index in [0.717, 1.165) is 37.7 Å². The largest absolute Gasteiger partial charge is 0.573 e. The number of nitrogens with one attached hydrogen (secondary N) is 1. The topological polar surface area (TPSA) is 85.9 Å². The van der Waals surface area contributed by atoms with Crippen LogP contribution in [0.2, 0.25) is 0 Å². The minimum absolute atomic E-state index is 0. The summed E-state index contributed by atoms with van der Waals surface area (Å²) in [6.45, 7) is 0.948. The highest BCUT2D eigenvalue weighted by atomic mass is 127. The highest BCUT2D eigenvalue weighted by Crippen LogP contribution is 2.22. The second-order valence-electron chi connectivity index (χ2n) is 5.91. The number of esters is 1. The number of ether oxygens (including phenoxy) is 2. The Morgan fingerprint density at radius 1 is 1.11 bits per heavy atom. The van der Waals surface area contributed by atoms with Crippen molar-refractivity contribution in [3.05, 3.63) is 29.8 Å². The number of nitrogens with two attached hydrogens (primary N) is 1. The Hall–Kier alpha value is -1.72. The lowest BCUT2D eigenvalue weighted by atomic mass is 10.1. The molecule has 0 heterocycles. The van der Waals surface area contributed by atoms with Gasteiger partial charge in [0.15, 0.2) is 5.96 Å². The summed E-state index contributed by atoms with van der Waals surface area (Å²) in [7, 11) is 1.39. The molecule has 1 aromatic rings. The van der Waals surface area contributed by atoms with Gasteiger partial charge in [0.1, 0.15) is 5.75 Å². The molecule has 0 atom stereocenters. The smallest absolute Gasteiger partial charge is 0.469 e. The maximum Gasteiger partial charge on any atom is 0.573 e. The lowest BCUT2D eigenvalue weighted by molar-refractivity contribution is -0.274. The van der Waals surface area contributed by atoms with Crippen molar-refractivity contribution in [2.24, 2.45) is 10.7 Å². The molecule has 0 saturated heterocycles. The number of aliphatic imine (C=N–C) groups is 1. The fourth-order valence-electron chi connectivity index (χ4n) is 2.27. The number of hydrogen-bond donors (Lipinski definition) is 2.